The van der Waals surface area contributed by atoms with E-state index in [9.17, 15) is 10.4 Å². The fourth-order valence-corrected chi connectivity index (χ4v) is 1.91. The third-order valence-corrected chi connectivity index (χ3v) is 3.37. The van der Waals surface area contributed by atoms with Crippen LogP contribution in [-0.2, 0) is 0 Å². The largest absolute Gasteiger partial charge is 0.622 e. The minimum Gasteiger partial charge on any atom is -0.622 e. The Bertz CT molecular complexity index is 671. The van der Waals surface area contributed by atoms with Gasteiger partial charge >= 0.3 is 0 Å². The van der Waals surface area contributed by atoms with Crippen molar-refractivity contribution < 1.29 is 9.48 Å². The second-order valence-corrected chi connectivity index (χ2v) is 6.06. The SMILES string of the molecule is CC1(C)N=C(c2ccccc2)C=[N+]1[O-].CC1(C)N=CC=[N+]1[O-]. The van der Waals surface area contributed by atoms with Crippen molar-refractivity contribution in [2.24, 2.45) is 9.98 Å². The predicted octanol–water partition coefficient (Wildman–Crippen LogP) is 2.19. The summed E-state index contributed by atoms with van der Waals surface area (Å²) in [6.45, 7) is 7.12. The molecule has 2 aliphatic rings. The molecule has 0 amide bonds. The van der Waals surface area contributed by atoms with E-state index in [0.29, 0.717) is 0 Å². The molecule has 0 radical (unpaired) electrons. The Labute approximate surface area is 130 Å². The van der Waals surface area contributed by atoms with E-state index in [0.717, 1.165) is 20.8 Å². The van der Waals surface area contributed by atoms with Gasteiger partial charge in [0.2, 0.25) is 6.21 Å². The van der Waals surface area contributed by atoms with Gasteiger partial charge in [-0.2, -0.15) is 9.48 Å². The lowest BCUT2D eigenvalue weighted by Gasteiger charge is -2.13. The molecule has 22 heavy (non-hydrogen) atoms. The van der Waals surface area contributed by atoms with Crippen molar-refractivity contribution in [2.45, 2.75) is 39.0 Å². The topological polar surface area (TPSA) is 76.9 Å². The van der Waals surface area contributed by atoms with Gasteiger partial charge in [0.1, 0.15) is 5.71 Å². The highest BCUT2D eigenvalue weighted by atomic mass is 16.5. The maximum atomic E-state index is 11.4. The van der Waals surface area contributed by atoms with E-state index in [-0.39, 0.29) is 0 Å². The highest BCUT2D eigenvalue weighted by Crippen LogP contribution is 2.17. The van der Waals surface area contributed by atoms with Crippen LogP contribution in [0, 0.1) is 10.4 Å². The molecule has 1 aromatic carbocycles. The lowest BCUT2D eigenvalue weighted by atomic mass is 10.1. The van der Waals surface area contributed by atoms with Crippen molar-refractivity contribution in [1.29, 1.82) is 0 Å². The Morgan fingerprint density at radius 3 is 1.91 bits per heavy atom. The van der Waals surface area contributed by atoms with Crippen LogP contribution in [0.4, 0.5) is 0 Å². The molecule has 2 heterocycles. The Hall–Kier alpha value is -2.50. The van der Waals surface area contributed by atoms with E-state index in [1.807, 2.05) is 30.3 Å². The molecule has 0 saturated heterocycles. The van der Waals surface area contributed by atoms with Crippen LogP contribution < -0.4 is 0 Å². The highest BCUT2D eigenvalue weighted by Gasteiger charge is 2.32. The smallest absolute Gasteiger partial charge is 0.260 e. The Balaban J connectivity index is 0.000000188. The van der Waals surface area contributed by atoms with Crippen LogP contribution in [0.15, 0.2) is 40.3 Å². The Kier molecular flexibility index (Phi) is 4.12. The molecular formula is C16H20N4O2. The van der Waals surface area contributed by atoms with E-state index in [1.54, 1.807) is 27.7 Å². The molecule has 0 unspecified atom stereocenters. The second-order valence-electron chi connectivity index (χ2n) is 6.06. The van der Waals surface area contributed by atoms with Crippen molar-refractivity contribution >= 4 is 24.4 Å². The number of nitrogens with zero attached hydrogens (tertiary/aromatic N) is 4. The van der Waals surface area contributed by atoms with Crippen LogP contribution in [0.25, 0.3) is 0 Å². The molecule has 0 saturated carbocycles. The van der Waals surface area contributed by atoms with Gasteiger partial charge in [-0.3, -0.25) is 0 Å². The first-order chi connectivity index (χ1) is 10.2. The molecule has 0 aliphatic carbocycles. The molecule has 0 spiro atoms. The second kappa shape index (κ2) is 5.71. The van der Waals surface area contributed by atoms with Crippen molar-refractivity contribution in [1.82, 2.24) is 0 Å². The van der Waals surface area contributed by atoms with Gasteiger partial charge in [0, 0.05) is 33.3 Å². The van der Waals surface area contributed by atoms with E-state index < -0.39 is 11.3 Å². The van der Waals surface area contributed by atoms with E-state index in [2.05, 4.69) is 9.98 Å². The molecule has 116 valence electrons. The molecule has 1 aromatic rings. The van der Waals surface area contributed by atoms with E-state index >= 15 is 0 Å². The van der Waals surface area contributed by atoms with E-state index in [4.69, 9.17) is 0 Å². The number of hydroxylamine groups is 2. The summed E-state index contributed by atoms with van der Waals surface area (Å²) >= 11 is 0. The maximum absolute atomic E-state index is 11.4. The highest BCUT2D eigenvalue weighted by molar-refractivity contribution is 6.37. The molecule has 0 atom stereocenters. The average molecular weight is 300 g/mol. The fourth-order valence-electron chi connectivity index (χ4n) is 1.91. The van der Waals surface area contributed by atoms with Crippen LogP contribution in [0.2, 0.25) is 0 Å². The first-order valence-electron chi connectivity index (χ1n) is 7.04. The van der Waals surface area contributed by atoms with Crippen LogP contribution in [0.3, 0.4) is 0 Å². The molecule has 2 aliphatic heterocycles. The van der Waals surface area contributed by atoms with Gasteiger partial charge in [-0.1, -0.05) is 30.3 Å². The van der Waals surface area contributed by atoms with Crippen LogP contribution in [0.5, 0.6) is 0 Å². The maximum Gasteiger partial charge on any atom is 0.260 e. The summed E-state index contributed by atoms with van der Waals surface area (Å²) in [4.78, 5) is 8.23. The first-order valence-corrected chi connectivity index (χ1v) is 7.04. The number of aliphatic imine (C=N–C) groups is 2. The zero-order valence-corrected chi connectivity index (χ0v) is 13.2. The predicted molar refractivity (Wildman–Crippen MR) is 89.0 cm³/mol. The minimum absolute atomic E-state index is 0.556. The lowest BCUT2D eigenvalue weighted by Crippen LogP contribution is -2.26. The normalized spacial score (nSPS) is 20.6. The molecule has 0 fully saturated rings. The van der Waals surface area contributed by atoms with Crippen molar-refractivity contribution in [3.05, 3.63) is 46.3 Å². The lowest BCUT2D eigenvalue weighted by molar-refractivity contribution is -0.528. The van der Waals surface area contributed by atoms with Gasteiger partial charge in [0.25, 0.3) is 11.3 Å². The number of rotatable bonds is 1. The minimum atomic E-state index is -0.662. The van der Waals surface area contributed by atoms with Crippen LogP contribution in [-0.4, -0.2) is 45.2 Å². The summed E-state index contributed by atoms with van der Waals surface area (Å²) in [5, 5.41) is 22.1. The average Bonchev–Trinajstić information content (AvgIpc) is 2.91. The monoisotopic (exact) mass is 300 g/mol. The van der Waals surface area contributed by atoms with Gasteiger partial charge in [-0.25, -0.2) is 9.98 Å². The molecule has 0 bridgehead atoms. The molecule has 6 nitrogen and oxygen atoms in total. The number of benzene rings is 1. The summed E-state index contributed by atoms with van der Waals surface area (Å²) in [6, 6.07) is 9.71. The van der Waals surface area contributed by atoms with Crippen molar-refractivity contribution in [3.63, 3.8) is 0 Å². The summed E-state index contributed by atoms with van der Waals surface area (Å²) < 4.78 is 1.71. The fraction of sp³-hybridized carbons (Fsp3) is 0.375. The standard InChI is InChI=1S/C11H12N2O.C5H8N2O/c1-11(2)12-10(8-13(11)14)9-6-4-3-5-7-9;1-5(2)6-3-4-7(5)8/h3-8H,1-2H3;3-4H,1-2H3. The summed E-state index contributed by atoms with van der Waals surface area (Å²) in [5.41, 5.74) is 0.523. The van der Waals surface area contributed by atoms with Gasteiger partial charge in [0.05, 0.1) is 6.21 Å². The van der Waals surface area contributed by atoms with Crippen LogP contribution in [0.1, 0.15) is 33.3 Å². The molecular weight excluding hydrogens is 280 g/mol. The zero-order valence-electron chi connectivity index (χ0n) is 13.2. The summed E-state index contributed by atoms with van der Waals surface area (Å²) in [7, 11) is 0. The van der Waals surface area contributed by atoms with Gasteiger partial charge in [0.15, 0.2) is 6.21 Å². The third-order valence-electron chi connectivity index (χ3n) is 3.37. The summed E-state index contributed by atoms with van der Waals surface area (Å²) in [5.74, 6) is 0. The molecule has 6 heteroatoms. The third kappa shape index (κ3) is 3.39. The number of hydrogen-bond acceptors (Lipinski definition) is 4. The molecule has 0 aromatic heterocycles. The summed E-state index contributed by atoms with van der Waals surface area (Å²) in [6.07, 6.45) is 4.47. The van der Waals surface area contributed by atoms with E-state index in [1.165, 1.54) is 18.6 Å². The van der Waals surface area contributed by atoms with Crippen LogP contribution >= 0.6 is 0 Å². The zero-order chi connectivity index (χ0) is 16.4. The van der Waals surface area contributed by atoms with Gasteiger partial charge in [-0.15, -0.1) is 0 Å². The quantitative estimate of drug-likeness (QED) is 0.589. The Morgan fingerprint density at radius 1 is 0.909 bits per heavy atom. The number of hydrogen-bond donors (Lipinski definition) is 0. The Morgan fingerprint density at radius 2 is 1.55 bits per heavy atom. The van der Waals surface area contributed by atoms with Crippen molar-refractivity contribution in [2.75, 3.05) is 0 Å². The van der Waals surface area contributed by atoms with Crippen molar-refractivity contribution in [3.8, 4) is 0 Å². The molecule has 0 N–H and O–H groups in total. The first kappa shape index (κ1) is 15.9. The molecule has 3 rings (SSSR count). The van der Waals surface area contributed by atoms with Gasteiger partial charge < -0.3 is 10.4 Å². The van der Waals surface area contributed by atoms with Gasteiger partial charge in [-0.05, 0) is 0 Å².